The highest BCUT2D eigenvalue weighted by Gasteiger charge is 2.11. The van der Waals surface area contributed by atoms with Crippen LogP contribution < -0.4 is 5.73 Å². The fourth-order valence-electron chi connectivity index (χ4n) is 1.24. The second-order valence-corrected chi connectivity index (χ2v) is 5.38. The molecular formula is C10H12N4S2. The van der Waals surface area contributed by atoms with Crippen LogP contribution >= 0.6 is 23.3 Å². The Balaban J connectivity index is 2.27. The summed E-state index contributed by atoms with van der Waals surface area (Å²) in [5.74, 6) is 0.797. The Kier molecular flexibility index (Phi) is 3.52. The van der Waals surface area contributed by atoms with Crippen molar-refractivity contribution in [3.05, 3.63) is 29.7 Å². The zero-order valence-corrected chi connectivity index (χ0v) is 10.7. The van der Waals surface area contributed by atoms with E-state index in [1.165, 1.54) is 23.3 Å². The number of aromatic nitrogens is 3. The molecule has 2 aromatic heterocycles. The quantitative estimate of drug-likeness (QED) is 0.908. The summed E-state index contributed by atoms with van der Waals surface area (Å²) in [5.41, 5.74) is 6.93. The second-order valence-electron chi connectivity index (χ2n) is 3.40. The maximum absolute atomic E-state index is 5.89. The van der Waals surface area contributed by atoms with Gasteiger partial charge in [-0.25, -0.2) is 9.97 Å². The van der Waals surface area contributed by atoms with Gasteiger partial charge in [-0.15, -0.1) is 0 Å². The fraction of sp³-hybridized carbons (Fsp3) is 0.300. The van der Waals surface area contributed by atoms with Crippen molar-refractivity contribution >= 4 is 23.3 Å². The standard InChI is InChI=1S/C10H12N4S2/c1-6(11)8-4-3-5-12-9(8)15-10-13-7(2)14-16-10/h3-6H,11H2,1-2H3/t6-/m0/s1. The first-order valence-corrected chi connectivity index (χ1v) is 6.44. The van der Waals surface area contributed by atoms with E-state index < -0.39 is 0 Å². The minimum atomic E-state index is -0.0229. The number of aryl methyl sites for hydroxylation is 1. The zero-order chi connectivity index (χ0) is 11.5. The molecule has 2 N–H and O–H groups in total. The first-order chi connectivity index (χ1) is 7.66. The molecule has 84 valence electrons. The van der Waals surface area contributed by atoms with Crippen LogP contribution in [0.5, 0.6) is 0 Å². The van der Waals surface area contributed by atoms with Crippen LogP contribution in [0.1, 0.15) is 24.4 Å². The van der Waals surface area contributed by atoms with Gasteiger partial charge >= 0.3 is 0 Å². The number of rotatable bonds is 3. The lowest BCUT2D eigenvalue weighted by Gasteiger charge is -2.08. The highest BCUT2D eigenvalue weighted by atomic mass is 32.2. The van der Waals surface area contributed by atoms with Crippen LogP contribution in [-0.2, 0) is 0 Å². The van der Waals surface area contributed by atoms with Gasteiger partial charge in [-0.2, -0.15) is 4.37 Å². The van der Waals surface area contributed by atoms with E-state index in [2.05, 4.69) is 14.3 Å². The summed E-state index contributed by atoms with van der Waals surface area (Å²) in [4.78, 5) is 8.62. The van der Waals surface area contributed by atoms with E-state index in [-0.39, 0.29) is 6.04 Å². The van der Waals surface area contributed by atoms with Gasteiger partial charge < -0.3 is 5.73 Å². The third-order valence-corrected chi connectivity index (χ3v) is 3.86. The highest BCUT2D eigenvalue weighted by Crippen LogP contribution is 2.31. The smallest absolute Gasteiger partial charge is 0.176 e. The normalized spacial score (nSPS) is 12.7. The molecule has 0 spiro atoms. The number of pyridine rings is 1. The highest BCUT2D eigenvalue weighted by molar-refractivity contribution is 8.00. The van der Waals surface area contributed by atoms with E-state index in [0.29, 0.717) is 0 Å². The number of nitrogens with two attached hydrogens (primary N) is 1. The molecule has 4 nitrogen and oxygen atoms in total. The van der Waals surface area contributed by atoms with Crippen molar-refractivity contribution in [1.82, 2.24) is 14.3 Å². The summed E-state index contributed by atoms with van der Waals surface area (Å²) in [5, 5.41) is 0.911. The molecule has 6 heteroatoms. The Hall–Kier alpha value is -0.980. The molecule has 0 amide bonds. The van der Waals surface area contributed by atoms with Crippen molar-refractivity contribution in [2.45, 2.75) is 29.3 Å². The van der Waals surface area contributed by atoms with Crippen molar-refractivity contribution in [3.8, 4) is 0 Å². The van der Waals surface area contributed by atoms with Crippen LogP contribution in [0.3, 0.4) is 0 Å². The van der Waals surface area contributed by atoms with E-state index in [4.69, 9.17) is 5.73 Å². The van der Waals surface area contributed by atoms with Crippen molar-refractivity contribution in [2.75, 3.05) is 0 Å². The summed E-state index contributed by atoms with van der Waals surface area (Å²) >= 11 is 2.90. The Morgan fingerprint density at radius 1 is 1.50 bits per heavy atom. The largest absolute Gasteiger partial charge is 0.324 e. The van der Waals surface area contributed by atoms with Crippen LogP contribution in [0.4, 0.5) is 0 Å². The molecule has 0 radical (unpaired) electrons. The predicted molar refractivity (Wildman–Crippen MR) is 65.6 cm³/mol. The molecule has 0 aliphatic rings. The van der Waals surface area contributed by atoms with Gasteiger partial charge in [0.25, 0.3) is 0 Å². The summed E-state index contributed by atoms with van der Waals surface area (Å²) in [7, 11) is 0. The molecule has 0 saturated heterocycles. The Morgan fingerprint density at radius 3 is 2.94 bits per heavy atom. The van der Waals surface area contributed by atoms with E-state index in [9.17, 15) is 0 Å². The van der Waals surface area contributed by atoms with Crippen molar-refractivity contribution in [3.63, 3.8) is 0 Å². The number of nitrogens with zero attached hydrogens (tertiary/aromatic N) is 3. The van der Waals surface area contributed by atoms with Crippen molar-refractivity contribution in [1.29, 1.82) is 0 Å². The Bertz CT molecular complexity index is 481. The summed E-state index contributed by atoms with van der Waals surface area (Å²) in [6.45, 7) is 3.83. The van der Waals surface area contributed by atoms with Crippen LogP contribution in [0.25, 0.3) is 0 Å². The summed E-state index contributed by atoms with van der Waals surface area (Å²) in [6, 6.07) is 3.87. The topological polar surface area (TPSA) is 64.7 Å². The molecule has 0 saturated carbocycles. The van der Waals surface area contributed by atoms with Gasteiger partial charge in [-0.05, 0) is 43.2 Å². The fourth-order valence-corrected chi connectivity index (χ4v) is 2.99. The van der Waals surface area contributed by atoms with Gasteiger partial charge in [-0.1, -0.05) is 6.07 Å². The third kappa shape index (κ3) is 2.58. The molecule has 0 unspecified atom stereocenters. The first kappa shape index (κ1) is 11.5. The molecule has 2 heterocycles. The van der Waals surface area contributed by atoms with Gasteiger partial charge in [0, 0.05) is 17.8 Å². The first-order valence-electron chi connectivity index (χ1n) is 4.85. The summed E-state index contributed by atoms with van der Waals surface area (Å²) in [6.07, 6.45) is 1.77. The van der Waals surface area contributed by atoms with Gasteiger partial charge in [0.15, 0.2) is 4.34 Å². The van der Waals surface area contributed by atoms with Crippen LogP contribution in [0, 0.1) is 6.92 Å². The van der Waals surface area contributed by atoms with Gasteiger partial charge in [-0.3, -0.25) is 0 Å². The van der Waals surface area contributed by atoms with Crippen molar-refractivity contribution < 1.29 is 0 Å². The zero-order valence-electron chi connectivity index (χ0n) is 9.04. The minimum absolute atomic E-state index is 0.0229. The van der Waals surface area contributed by atoms with E-state index in [1.54, 1.807) is 6.20 Å². The average Bonchev–Trinajstić information content (AvgIpc) is 2.64. The molecule has 0 aromatic carbocycles. The molecule has 0 bridgehead atoms. The Labute approximate surface area is 102 Å². The van der Waals surface area contributed by atoms with Crippen LogP contribution in [0.15, 0.2) is 27.7 Å². The lowest BCUT2D eigenvalue weighted by molar-refractivity contribution is 0.779. The van der Waals surface area contributed by atoms with Crippen LogP contribution in [0.2, 0.25) is 0 Å². The minimum Gasteiger partial charge on any atom is -0.324 e. The van der Waals surface area contributed by atoms with Gasteiger partial charge in [0.2, 0.25) is 0 Å². The molecule has 0 fully saturated rings. The number of hydrogen-bond donors (Lipinski definition) is 1. The third-order valence-electron chi connectivity index (χ3n) is 1.98. The second kappa shape index (κ2) is 4.90. The van der Waals surface area contributed by atoms with Crippen LogP contribution in [-0.4, -0.2) is 14.3 Å². The molecule has 2 rings (SSSR count). The Morgan fingerprint density at radius 2 is 2.31 bits per heavy atom. The van der Waals surface area contributed by atoms with Crippen molar-refractivity contribution in [2.24, 2.45) is 5.73 Å². The molecule has 1 atom stereocenters. The molecule has 2 aromatic rings. The van der Waals surface area contributed by atoms with E-state index in [0.717, 1.165) is 20.8 Å². The average molecular weight is 252 g/mol. The van der Waals surface area contributed by atoms with E-state index >= 15 is 0 Å². The molecular weight excluding hydrogens is 240 g/mol. The molecule has 16 heavy (non-hydrogen) atoms. The number of hydrogen-bond acceptors (Lipinski definition) is 6. The maximum Gasteiger partial charge on any atom is 0.176 e. The van der Waals surface area contributed by atoms with Gasteiger partial charge in [0.05, 0.1) is 0 Å². The lowest BCUT2D eigenvalue weighted by atomic mass is 10.2. The monoisotopic (exact) mass is 252 g/mol. The van der Waals surface area contributed by atoms with Gasteiger partial charge in [0.1, 0.15) is 10.9 Å². The molecule has 0 aliphatic carbocycles. The predicted octanol–water partition coefficient (Wildman–Crippen LogP) is 2.41. The maximum atomic E-state index is 5.89. The van der Waals surface area contributed by atoms with E-state index in [1.807, 2.05) is 26.0 Å². The molecule has 0 aliphatic heterocycles. The SMILES string of the molecule is Cc1nsc(Sc2ncccc2[C@H](C)N)n1. The lowest BCUT2D eigenvalue weighted by Crippen LogP contribution is -2.06. The summed E-state index contributed by atoms with van der Waals surface area (Å²) < 4.78 is 5.04.